The van der Waals surface area contributed by atoms with Crippen molar-refractivity contribution in [2.45, 2.75) is 27.7 Å². The van der Waals surface area contributed by atoms with E-state index in [2.05, 4.69) is 155 Å². The third-order valence-electron chi connectivity index (χ3n) is 15.4. The molecule has 5 aliphatic rings. The molecule has 9 heterocycles. The quantitative estimate of drug-likeness (QED) is 0.141. The van der Waals surface area contributed by atoms with Gasteiger partial charge in [-0.3, -0.25) is 0 Å². The summed E-state index contributed by atoms with van der Waals surface area (Å²) in [5.41, 5.74) is 30.4. The molecule has 58 heavy (non-hydrogen) atoms. The van der Waals surface area contributed by atoms with Crippen molar-refractivity contribution in [2.75, 3.05) is 0 Å². The van der Waals surface area contributed by atoms with Crippen LogP contribution in [0.3, 0.4) is 0 Å². The molecule has 8 aromatic carbocycles. The minimum absolute atomic E-state index is 0.107. The van der Waals surface area contributed by atoms with Gasteiger partial charge in [0, 0.05) is 87.9 Å². The summed E-state index contributed by atoms with van der Waals surface area (Å²) in [5, 5.41) is 11.1. The summed E-state index contributed by atoms with van der Waals surface area (Å²) in [5.74, 6) is 0. The lowest BCUT2D eigenvalue weighted by atomic mass is 9.18. The molecule has 0 atom stereocenters. The van der Waals surface area contributed by atoms with Crippen LogP contribution >= 0.6 is 0 Å². The van der Waals surface area contributed by atoms with Crippen LogP contribution in [-0.4, -0.2) is 31.7 Å². The second kappa shape index (κ2) is 8.51. The molecule has 0 amide bonds. The summed E-state index contributed by atoms with van der Waals surface area (Å²) in [7, 11) is 0. The van der Waals surface area contributed by atoms with Crippen molar-refractivity contribution in [1.29, 1.82) is 0 Å². The highest BCUT2D eigenvalue weighted by atomic mass is 15.1. The number of benzene rings is 8. The zero-order chi connectivity index (χ0) is 37.5. The average molecular weight is 732 g/mol. The van der Waals surface area contributed by atoms with Gasteiger partial charge in [0.25, 0.3) is 13.4 Å². The van der Waals surface area contributed by atoms with E-state index < -0.39 is 0 Å². The van der Waals surface area contributed by atoms with Crippen LogP contribution in [0.4, 0.5) is 0 Å². The van der Waals surface area contributed by atoms with Crippen LogP contribution < -0.4 is 32.8 Å². The van der Waals surface area contributed by atoms with E-state index in [0.717, 1.165) is 0 Å². The van der Waals surface area contributed by atoms with Gasteiger partial charge in [-0.1, -0.05) is 58.7 Å². The third kappa shape index (κ3) is 2.60. The lowest BCUT2D eigenvalue weighted by Crippen LogP contribution is -2.79. The molecule has 6 heteroatoms. The minimum atomic E-state index is 0.107. The highest BCUT2D eigenvalue weighted by molar-refractivity contribution is 7.16. The lowest BCUT2D eigenvalue weighted by Gasteiger charge is -2.44. The molecule has 0 fully saturated rings. The second-order valence-corrected chi connectivity index (χ2v) is 18.3. The molecule has 4 aromatic heterocycles. The number of hydrogen-bond acceptors (Lipinski definition) is 0. The molecule has 0 N–H and O–H groups in total. The van der Waals surface area contributed by atoms with Gasteiger partial charge in [-0.2, -0.15) is 0 Å². The molecule has 17 rings (SSSR count). The van der Waals surface area contributed by atoms with Crippen LogP contribution in [0.5, 0.6) is 0 Å². The molecule has 12 aromatic rings. The summed E-state index contributed by atoms with van der Waals surface area (Å²) >= 11 is 0. The van der Waals surface area contributed by atoms with Crippen LogP contribution in [-0.2, 0) is 0 Å². The summed E-state index contributed by atoms with van der Waals surface area (Å²) in [6, 6.07) is 43.1. The van der Waals surface area contributed by atoms with Gasteiger partial charge in [0.1, 0.15) is 0 Å². The molecule has 5 aliphatic heterocycles. The van der Waals surface area contributed by atoms with Crippen molar-refractivity contribution < 1.29 is 0 Å². The first-order valence-electron chi connectivity index (χ1n) is 20.9. The van der Waals surface area contributed by atoms with Crippen molar-refractivity contribution >= 4 is 133 Å². The fourth-order valence-electron chi connectivity index (χ4n) is 13.7. The first kappa shape index (κ1) is 28.5. The molecule has 4 nitrogen and oxygen atoms in total. The fraction of sp³-hybridized carbons (Fsp3) is 0.0769. The first-order chi connectivity index (χ1) is 28.5. The summed E-state index contributed by atoms with van der Waals surface area (Å²) in [4.78, 5) is 0. The van der Waals surface area contributed by atoms with Gasteiger partial charge in [-0.25, -0.2) is 0 Å². The molecule has 0 aliphatic carbocycles. The van der Waals surface area contributed by atoms with Gasteiger partial charge >= 0.3 is 0 Å². The highest BCUT2D eigenvalue weighted by Gasteiger charge is 2.55. The Morgan fingerprint density at radius 3 is 0.828 bits per heavy atom. The summed E-state index contributed by atoms with van der Waals surface area (Å²) in [6.45, 7) is 9.25. The predicted molar refractivity (Wildman–Crippen MR) is 246 cm³/mol. The average Bonchev–Trinajstić information content (AvgIpc) is 3.95. The molecule has 0 saturated heterocycles. The maximum absolute atomic E-state index is 2.69. The number of fused-ring (bicyclic) bond motifs is 18. The maximum atomic E-state index is 2.69. The highest BCUT2D eigenvalue weighted by Crippen LogP contribution is 2.49. The molecular weight excluding hydrogens is 702 g/mol. The van der Waals surface area contributed by atoms with Crippen molar-refractivity contribution in [3.8, 4) is 22.7 Å². The molecule has 264 valence electrons. The van der Waals surface area contributed by atoms with Gasteiger partial charge in [-0.15, -0.1) is 0 Å². The van der Waals surface area contributed by atoms with Crippen molar-refractivity contribution in [3.63, 3.8) is 0 Å². The van der Waals surface area contributed by atoms with E-state index in [4.69, 9.17) is 0 Å². The van der Waals surface area contributed by atoms with Crippen LogP contribution in [0.15, 0.2) is 109 Å². The molecule has 0 unspecified atom stereocenters. The summed E-state index contributed by atoms with van der Waals surface area (Å²) in [6.07, 6.45) is 0. The largest absolute Gasteiger partial charge is 0.310 e. The molecule has 0 bridgehead atoms. The molecule has 0 saturated carbocycles. The van der Waals surface area contributed by atoms with Gasteiger partial charge in [-0.05, 0) is 133 Å². The van der Waals surface area contributed by atoms with E-state index in [1.807, 2.05) is 0 Å². The normalized spacial score (nSPS) is 14.5. The van der Waals surface area contributed by atoms with Crippen LogP contribution in [0.25, 0.3) is 110 Å². The fourth-order valence-corrected chi connectivity index (χ4v) is 13.7. The molecule has 0 spiro atoms. The number of aryl methyl sites for hydroxylation is 4. The van der Waals surface area contributed by atoms with E-state index in [0.29, 0.717) is 0 Å². The van der Waals surface area contributed by atoms with Crippen LogP contribution in [0, 0.1) is 27.7 Å². The number of hydrogen-bond donors (Lipinski definition) is 0. The SMILES string of the molecule is Cc1ccc2c(c1)c1c3c4cc(C)ccc4n4c3c3c5c1n2-c1cccc2c1B5c1c5c6c(c7cc(C)ccc7n6-c6cccc-4c6B35)c3c4cc(C)ccc4n-2c13. The second-order valence-electron chi connectivity index (χ2n) is 18.3. The Bertz CT molecular complexity index is 3670. The maximum Gasteiger partial charge on any atom is 0.251 e. The monoisotopic (exact) mass is 732 g/mol. The molecular formula is C52H30B2N4. The Morgan fingerprint density at radius 1 is 0.310 bits per heavy atom. The Labute approximate surface area is 332 Å². The first-order valence-corrected chi connectivity index (χ1v) is 20.9. The van der Waals surface area contributed by atoms with Gasteiger partial charge in [0.2, 0.25) is 0 Å². The van der Waals surface area contributed by atoms with Crippen molar-refractivity contribution in [1.82, 2.24) is 18.3 Å². The van der Waals surface area contributed by atoms with E-state index in [-0.39, 0.29) is 13.4 Å². The van der Waals surface area contributed by atoms with E-state index in [9.17, 15) is 0 Å². The Balaban J connectivity index is 1.28. The minimum Gasteiger partial charge on any atom is -0.310 e. The predicted octanol–water partition coefficient (Wildman–Crippen LogP) is 7.91. The standard InChI is InChI=1S/C52H30B2N4/c1-23-11-15-31-27(19-23)39-40-28-20-24(2)12-16-32(28)56-37-9-6-10-38-44(37)54-46(50(40)56)45-49(39)55(31)35-7-5-8-36-43(35)53(45)47-48(54)52-42(30-22-26(4)14-18-34(30)58(38)52)41-29-21-25(3)13-17-33(29)57(36)51(41)47/h5-22H,1-4H3. The summed E-state index contributed by atoms with van der Waals surface area (Å²) < 4.78 is 10.8. The van der Waals surface area contributed by atoms with Crippen LogP contribution in [0.1, 0.15) is 22.3 Å². The van der Waals surface area contributed by atoms with Gasteiger partial charge in [0.05, 0.1) is 22.1 Å². The zero-order valence-corrected chi connectivity index (χ0v) is 32.3. The number of rotatable bonds is 0. The Hall–Kier alpha value is -6.91. The van der Waals surface area contributed by atoms with Gasteiger partial charge in [0.15, 0.2) is 0 Å². The van der Waals surface area contributed by atoms with Crippen LogP contribution in [0.2, 0.25) is 0 Å². The van der Waals surface area contributed by atoms with E-state index in [1.165, 1.54) is 165 Å². The van der Waals surface area contributed by atoms with E-state index >= 15 is 0 Å². The lowest BCUT2D eigenvalue weighted by molar-refractivity contribution is 1.13. The van der Waals surface area contributed by atoms with Crippen molar-refractivity contribution in [2.24, 2.45) is 0 Å². The smallest absolute Gasteiger partial charge is 0.251 e. The van der Waals surface area contributed by atoms with E-state index in [1.54, 1.807) is 0 Å². The molecule has 0 radical (unpaired) electrons. The Morgan fingerprint density at radius 2 is 0.569 bits per heavy atom. The topological polar surface area (TPSA) is 19.7 Å². The van der Waals surface area contributed by atoms with Crippen molar-refractivity contribution in [3.05, 3.63) is 131 Å². The zero-order valence-electron chi connectivity index (χ0n) is 32.3. The Kier molecular flexibility index (Phi) is 4.18. The number of aromatic nitrogens is 4. The number of nitrogens with zero attached hydrogens (tertiary/aromatic N) is 4. The third-order valence-corrected chi connectivity index (χ3v) is 15.4. The van der Waals surface area contributed by atoms with Gasteiger partial charge < -0.3 is 18.3 Å².